The lowest BCUT2D eigenvalue weighted by Gasteiger charge is -2.14. The third-order valence-electron chi connectivity index (χ3n) is 3.43. The van der Waals surface area contributed by atoms with Gasteiger partial charge in [-0.25, -0.2) is 4.39 Å². The van der Waals surface area contributed by atoms with E-state index in [0.29, 0.717) is 11.3 Å². The molecule has 0 saturated carbocycles. The molecule has 96 valence electrons. The summed E-state index contributed by atoms with van der Waals surface area (Å²) in [6.07, 6.45) is -0.849. The zero-order chi connectivity index (χ0) is 13.4. The number of hydrogen-bond donors (Lipinski definition) is 1. The molecule has 0 bridgehead atoms. The highest BCUT2D eigenvalue weighted by Gasteiger charge is 2.22. The summed E-state index contributed by atoms with van der Waals surface area (Å²) in [5.74, 6) is 1.13. The largest absolute Gasteiger partial charge is 0.466 e. The van der Waals surface area contributed by atoms with Crippen LogP contribution in [0.15, 0.2) is 22.6 Å². The van der Waals surface area contributed by atoms with Crippen LogP contribution in [0.5, 0.6) is 0 Å². The summed E-state index contributed by atoms with van der Waals surface area (Å²) in [6, 6.07) is 4.44. The molecule has 0 aliphatic rings. The van der Waals surface area contributed by atoms with E-state index in [0.717, 1.165) is 22.5 Å². The van der Waals surface area contributed by atoms with Crippen LogP contribution in [-0.4, -0.2) is 5.11 Å². The molecule has 1 aromatic carbocycles. The van der Waals surface area contributed by atoms with E-state index in [1.807, 2.05) is 27.7 Å². The van der Waals surface area contributed by atoms with Crippen LogP contribution in [-0.2, 0) is 0 Å². The van der Waals surface area contributed by atoms with Crippen molar-refractivity contribution >= 4 is 0 Å². The Hall–Kier alpha value is -1.61. The van der Waals surface area contributed by atoms with Crippen LogP contribution in [0.4, 0.5) is 4.39 Å². The van der Waals surface area contributed by atoms with Crippen LogP contribution in [0.1, 0.15) is 39.9 Å². The molecule has 1 atom stereocenters. The number of benzene rings is 1. The fraction of sp³-hybridized carbons (Fsp3) is 0.333. The van der Waals surface area contributed by atoms with Crippen molar-refractivity contribution in [3.05, 3.63) is 57.8 Å². The highest BCUT2D eigenvalue weighted by Crippen LogP contribution is 2.32. The van der Waals surface area contributed by atoms with Crippen molar-refractivity contribution in [1.82, 2.24) is 0 Å². The Kier molecular flexibility index (Phi) is 3.26. The van der Waals surface area contributed by atoms with Gasteiger partial charge in [-0.15, -0.1) is 0 Å². The van der Waals surface area contributed by atoms with E-state index in [9.17, 15) is 9.50 Å². The summed E-state index contributed by atoms with van der Waals surface area (Å²) < 4.78 is 18.8. The lowest BCUT2D eigenvalue weighted by atomic mass is 9.95. The van der Waals surface area contributed by atoms with Gasteiger partial charge in [0.25, 0.3) is 0 Å². The van der Waals surface area contributed by atoms with Crippen LogP contribution >= 0.6 is 0 Å². The van der Waals surface area contributed by atoms with E-state index < -0.39 is 6.10 Å². The van der Waals surface area contributed by atoms with E-state index in [2.05, 4.69) is 0 Å². The first kappa shape index (κ1) is 12.8. The Morgan fingerprint density at radius 3 is 2.33 bits per heavy atom. The van der Waals surface area contributed by atoms with Crippen LogP contribution in [0.25, 0.3) is 0 Å². The second-order valence-electron chi connectivity index (χ2n) is 4.66. The van der Waals surface area contributed by atoms with Gasteiger partial charge in [-0.2, -0.15) is 0 Å². The van der Waals surface area contributed by atoms with Crippen LogP contribution in [0.3, 0.4) is 0 Å². The summed E-state index contributed by atoms with van der Waals surface area (Å²) in [5, 5.41) is 10.4. The van der Waals surface area contributed by atoms with E-state index in [1.54, 1.807) is 6.07 Å². The maximum Gasteiger partial charge on any atom is 0.123 e. The molecule has 3 heteroatoms. The first-order chi connectivity index (χ1) is 8.41. The van der Waals surface area contributed by atoms with Gasteiger partial charge in [-0.1, -0.05) is 6.07 Å². The molecule has 2 aromatic rings. The molecule has 1 N–H and O–H groups in total. The molecule has 0 spiro atoms. The summed E-state index contributed by atoms with van der Waals surface area (Å²) in [5.41, 5.74) is 3.11. The normalized spacial score (nSPS) is 12.8. The van der Waals surface area contributed by atoms with Gasteiger partial charge in [0.2, 0.25) is 0 Å². The monoisotopic (exact) mass is 248 g/mol. The van der Waals surface area contributed by atoms with Gasteiger partial charge in [-0.3, -0.25) is 0 Å². The molecule has 2 nitrogen and oxygen atoms in total. The molecule has 0 fully saturated rings. The number of aliphatic hydroxyl groups is 1. The summed E-state index contributed by atoms with van der Waals surface area (Å²) >= 11 is 0. The summed E-state index contributed by atoms with van der Waals surface area (Å²) in [4.78, 5) is 0. The predicted octanol–water partition coefficient (Wildman–Crippen LogP) is 3.73. The minimum atomic E-state index is -0.849. The number of furan rings is 1. The number of halogens is 1. The van der Waals surface area contributed by atoms with Gasteiger partial charge in [0.1, 0.15) is 23.4 Å². The molecule has 18 heavy (non-hydrogen) atoms. The zero-order valence-corrected chi connectivity index (χ0v) is 11.0. The van der Waals surface area contributed by atoms with Gasteiger partial charge in [0.05, 0.1) is 0 Å². The molecule has 0 aliphatic heterocycles. The topological polar surface area (TPSA) is 33.4 Å². The fourth-order valence-corrected chi connectivity index (χ4v) is 2.27. The number of aliphatic hydroxyl groups excluding tert-OH is 1. The van der Waals surface area contributed by atoms with Crippen LogP contribution < -0.4 is 0 Å². The minimum Gasteiger partial charge on any atom is -0.466 e. The standard InChI is InChI=1S/C15H17FO2/c1-8-5-6-12(16)7-13(8)15(17)14-9(2)10(3)18-11(14)4/h5-7,15,17H,1-4H3. The van der Waals surface area contributed by atoms with E-state index >= 15 is 0 Å². The summed E-state index contributed by atoms with van der Waals surface area (Å²) in [6.45, 7) is 7.43. The van der Waals surface area contributed by atoms with E-state index in [1.165, 1.54) is 12.1 Å². The van der Waals surface area contributed by atoms with Crippen molar-refractivity contribution in [2.24, 2.45) is 0 Å². The quantitative estimate of drug-likeness (QED) is 0.878. The Balaban J connectivity index is 2.54. The van der Waals surface area contributed by atoms with Crippen molar-refractivity contribution in [3.8, 4) is 0 Å². The minimum absolute atomic E-state index is 0.342. The van der Waals surface area contributed by atoms with Crippen LogP contribution in [0.2, 0.25) is 0 Å². The van der Waals surface area contributed by atoms with Gasteiger partial charge >= 0.3 is 0 Å². The Labute approximate surface area is 106 Å². The first-order valence-corrected chi connectivity index (χ1v) is 5.92. The highest BCUT2D eigenvalue weighted by atomic mass is 19.1. The van der Waals surface area contributed by atoms with E-state index in [-0.39, 0.29) is 5.82 Å². The average Bonchev–Trinajstić information content (AvgIpc) is 2.56. The first-order valence-electron chi connectivity index (χ1n) is 5.92. The van der Waals surface area contributed by atoms with Gasteiger partial charge in [0, 0.05) is 5.56 Å². The van der Waals surface area contributed by atoms with Gasteiger partial charge < -0.3 is 9.52 Å². The maximum absolute atomic E-state index is 13.3. The molecule has 0 saturated heterocycles. The number of hydrogen-bond acceptors (Lipinski definition) is 2. The molecule has 0 radical (unpaired) electrons. The van der Waals surface area contributed by atoms with Crippen LogP contribution in [0, 0.1) is 33.5 Å². The van der Waals surface area contributed by atoms with Gasteiger partial charge in [-0.05, 0) is 56.5 Å². The predicted molar refractivity (Wildman–Crippen MR) is 68.1 cm³/mol. The molecule has 1 unspecified atom stereocenters. The zero-order valence-electron chi connectivity index (χ0n) is 11.0. The SMILES string of the molecule is Cc1ccc(F)cc1C(O)c1c(C)oc(C)c1C. The van der Waals surface area contributed by atoms with Crippen molar-refractivity contribution in [1.29, 1.82) is 0 Å². The van der Waals surface area contributed by atoms with Crippen molar-refractivity contribution in [3.63, 3.8) is 0 Å². The Bertz CT molecular complexity index is 584. The summed E-state index contributed by atoms with van der Waals surface area (Å²) in [7, 11) is 0. The second-order valence-corrected chi connectivity index (χ2v) is 4.66. The molecular weight excluding hydrogens is 231 g/mol. The lowest BCUT2D eigenvalue weighted by molar-refractivity contribution is 0.216. The van der Waals surface area contributed by atoms with Gasteiger partial charge in [0.15, 0.2) is 0 Å². The number of rotatable bonds is 2. The molecule has 1 heterocycles. The Morgan fingerprint density at radius 1 is 1.11 bits per heavy atom. The third-order valence-corrected chi connectivity index (χ3v) is 3.43. The fourth-order valence-electron chi connectivity index (χ4n) is 2.27. The highest BCUT2D eigenvalue weighted by molar-refractivity contribution is 5.41. The maximum atomic E-state index is 13.3. The van der Waals surface area contributed by atoms with Crippen molar-refractivity contribution in [2.75, 3.05) is 0 Å². The number of aryl methyl sites for hydroxylation is 3. The third kappa shape index (κ3) is 2.06. The molecule has 0 amide bonds. The smallest absolute Gasteiger partial charge is 0.123 e. The Morgan fingerprint density at radius 2 is 1.78 bits per heavy atom. The lowest BCUT2D eigenvalue weighted by Crippen LogP contribution is -2.04. The molecular formula is C15H17FO2. The average molecular weight is 248 g/mol. The molecule has 2 rings (SSSR count). The second kappa shape index (κ2) is 4.58. The molecule has 0 aliphatic carbocycles. The van der Waals surface area contributed by atoms with Crippen molar-refractivity contribution in [2.45, 2.75) is 33.8 Å². The van der Waals surface area contributed by atoms with Crippen molar-refractivity contribution < 1.29 is 13.9 Å². The van der Waals surface area contributed by atoms with E-state index in [4.69, 9.17) is 4.42 Å². The molecule has 1 aromatic heterocycles.